The molecule has 112 valence electrons. The molecule has 0 aromatic heterocycles. The Kier molecular flexibility index (Phi) is 5.27. The summed E-state index contributed by atoms with van der Waals surface area (Å²) in [6.45, 7) is 7.92. The molecule has 0 fully saturated rings. The highest BCUT2D eigenvalue weighted by Crippen LogP contribution is 2.24. The molecule has 4 nitrogen and oxygen atoms in total. The molecule has 1 aromatic carbocycles. The number of benzene rings is 1. The topological polar surface area (TPSA) is 63.2 Å². The summed E-state index contributed by atoms with van der Waals surface area (Å²) >= 11 is 3.24. The maximum atomic E-state index is 12.2. The highest BCUT2D eigenvalue weighted by atomic mass is 79.9. The van der Waals surface area contributed by atoms with Crippen molar-refractivity contribution < 1.29 is 13.2 Å². The van der Waals surface area contributed by atoms with Crippen LogP contribution in [0.1, 0.15) is 38.1 Å². The van der Waals surface area contributed by atoms with E-state index in [2.05, 4.69) is 21.2 Å². The highest BCUT2D eigenvalue weighted by Gasteiger charge is 2.24. The second kappa shape index (κ2) is 6.03. The van der Waals surface area contributed by atoms with E-state index in [1.165, 1.54) is 18.2 Å². The van der Waals surface area contributed by atoms with Gasteiger partial charge in [0, 0.05) is 21.2 Å². The second-order valence-corrected chi connectivity index (χ2v) is 9.06. The standard InChI is InChI=1S/C13H17BrClNO3S/c1-8(13(2,3)4)16-12(17)10-7-9(20(15,18)19)5-6-11(10)14/h5-8H,1-4H3,(H,16,17). The van der Waals surface area contributed by atoms with Crippen LogP contribution in [0.3, 0.4) is 0 Å². The molecule has 0 aliphatic heterocycles. The van der Waals surface area contributed by atoms with Crippen molar-refractivity contribution >= 4 is 41.6 Å². The van der Waals surface area contributed by atoms with Crippen LogP contribution in [0.4, 0.5) is 0 Å². The van der Waals surface area contributed by atoms with Gasteiger partial charge in [-0.1, -0.05) is 20.8 Å². The van der Waals surface area contributed by atoms with Crippen molar-refractivity contribution in [1.82, 2.24) is 5.32 Å². The van der Waals surface area contributed by atoms with Gasteiger partial charge in [0.05, 0.1) is 10.5 Å². The van der Waals surface area contributed by atoms with Crippen LogP contribution in [0.5, 0.6) is 0 Å². The fraction of sp³-hybridized carbons (Fsp3) is 0.462. The van der Waals surface area contributed by atoms with Crippen LogP contribution in [0, 0.1) is 5.41 Å². The number of nitrogens with one attached hydrogen (secondary N) is 1. The molecule has 1 aromatic rings. The first-order chi connectivity index (χ1) is 8.93. The third-order valence-electron chi connectivity index (χ3n) is 3.11. The van der Waals surface area contributed by atoms with Crippen LogP contribution >= 0.6 is 26.6 Å². The van der Waals surface area contributed by atoms with E-state index in [1.54, 1.807) is 0 Å². The molecule has 1 unspecified atom stereocenters. The van der Waals surface area contributed by atoms with Crippen molar-refractivity contribution in [2.24, 2.45) is 5.41 Å². The Bertz CT molecular complexity index is 623. The van der Waals surface area contributed by atoms with Gasteiger partial charge in [-0.2, -0.15) is 0 Å². The predicted octanol–water partition coefficient (Wildman–Crippen LogP) is 3.54. The lowest BCUT2D eigenvalue weighted by Crippen LogP contribution is -2.41. The smallest absolute Gasteiger partial charge is 0.261 e. The number of hydrogen-bond acceptors (Lipinski definition) is 3. The van der Waals surface area contributed by atoms with Crippen molar-refractivity contribution in [3.8, 4) is 0 Å². The van der Waals surface area contributed by atoms with Gasteiger partial charge in [0.25, 0.3) is 15.0 Å². The van der Waals surface area contributed by atoms with Gasteiger partial charge in [-0.15, -0.1) is 0 Å². The zero-order valence-corrected chi connectivity index (χ0v) is 14.9. The molecule has 1 amide bonds. The van der Waals surface area contributed by atoms with E-state index in [4.69, 9.17) is 10.7 Å². The van der Waals surface area contributed by atoms with Crippen molar-refractivity contribution in [3.63, 3.8) is 0 Å². The summed E-state index contributed by atoms with van der Waals surface area (Å²) in [4.78, 5) is 12.1. The van der Waals surface area contributed by atoms with E-state index in [-0.39, 0.29) is 27.8 Å². The Hall–Kier alpha value is -0.590. The fourth-order valence-corrected chi connectivity index (χ4v) is 2.52. The zero-order chi connectivity index (χ0) is 15.7. The molecule has 0 heterocycles. The van der Waals surface area contributed by atoms with E-state index >= 15 is 0 Å². The second-order valence-electron chi connectivity index (χ2n) is 5.64. The van der Waals surface area contributed by atoms with Gasteiger partial charge in [0.1, 0.15) is 0 Å². The number of amides is 1. The number of halogens is 2. The Balaban J connectivity index is 3.11. The van der Waals surface area contributed by atoms with Gasteiger partial charge < -0.3 is 5.32 Å². The van der Waals surface area contributed by atoms with Crippen LogP contribution in [-0.4, -0.2) is 20.4 Å². The molecule has 0 bridgehead atoms. The molecule has 0 aliphatic rings. The van der Waals surface area contributed by atoms with Crippen LogP contribution in [0.15, 0.2) is 27.6 Å². The normalized spacial score (nSPS) is 13.9. The number of hydrogen-bond donors (Lipinski definition) is 1. The first kappa shape index (κ1) is 17.5. The van der Waals surface area contributed by atoms with Crippen LogP contribution in [-0.2, 0) is 9.05 Å². The first-order valence-corrected chi connectivity index (χ1v) is 9.08. The quantitative estimate of drug-likeness (QED) is 0.813. The molecular weight excluding hydrogens is 366 g/mol. The summed E-state index contributed by atoms with van der Waals surface area (Å²) in [6, 6.07) is 4.03. The number of carbonyl (C=O) groups is 1. The van der Waals surface area contributed by atoms with Crippen molar-refractivity contribution in [2.45, 2.75) is 38.6 Å². The molecule has 0 aliphatic carbocycles. The Morgan fingerprint density at radius 1 is 1.35 bits per heavy atom. The predicted molar refractivity (Wildman–Crippen MR) is 83.6 cm³/mol. The van der Waals surface area contributed by atoms with Crippen molar-refractivity contribution in [3.05, 3.63) is 28.2 Å². The van der Waals surface area contributed by atoms with E-state index < -0.39 is 9.05 Å². The fourth-order valence-electron chi connectivity index (χ4n) is 1.32. The minimum Gasteiger partial charge on any atom is -0.349 e. The van der Waals surface area contributed by atoms with Gasteiger partial charge in [-0.05, 0) is 46.5 Å². The average molecular weight is 383 g/mol. The largest absolute Gasteiger partial charge is 0.349 e. The Morgan fingerprint density at radius 2 is 1.90 bits per heavy atom. The molecule has 0 saturated heterocycles. The van der Waals surface area contributed by atoms with Crippen LogP contribution < -0.4 is 5.32 Å². The van der Waals surface area contributed by atoms with E-state index in [0.717, 1.165) is 0 Å². The molecule has 0 spiro atoms. The third-order valence-corrected chi connectivity index (χ3v) is 5.15. The summed E-state index contributed by atoms with van der Waals surface area (Å²) < 4.78 is 23.2. The molecule has 0 radical (unpaired) electrons. The highest BCUT2D eigenvalue weighted by molar-refractivity contribution is 9.10. The van der Waals surface area contributed by atoms with Crippen molar-refractivity contribution in [2.75, 3.05) is 0 Å². The summed E-state index contributed by atoms with van der Waals surface area (Å²) in [5.74, 6) is -0.346. The number of rotatable bonds is 3. The summed E-state index contributed by atoms with van der Waals surface area (Å²) in [5.41, 5.74) is 0.140. The van der Waals surface area contributed by atoms with Gasteiger partial charge in [-0.3, -0.25) is 4.79 Å². The summed E-state index contributed by atoms with van der Waals surface area (Å²) in [5, 5.41) is 2.85. The van der Waals surface area contributed by atoms with Gasteiger partial charge in [0.15, 0.2) is 0 Å². The Labute approximate surface area is 132 Å². The molecule has 1 N–H and O–H groups in total. The lowest BCUT2D eigenvalue weighted by molar-refractivity contribution is 0.0909. The van der Waals surface area contributed by atoms with E-state index in [0.29, 0.717) is 4.47 Å². The van der Waals surface area contributed by atoms with Gasteiger partial charge in [0.2, 0.25) is 0 Å². The summed E-state index contributed by atoms with van der Waals surface area (Å²) in [6.07, 6.45) is 0. The number of carbonyl (C=O) groups excluding carboxylic acids is 1. The van der Waals surface area contributed by atoms with Crippen LogP contribution in [0.25, 0.3) is 0 Å². The zero-order valence-electron chi connectivity index (χ0n) is 11.7. The van der Waals surface area contributed by atoms with E-state index in [9.17, 15) is 13.2 Å². The molecule has 20 heavy (non-hydrogen) atoms. The molecule has 7 heteroatoms. The SMILES string of the molecule is CC(NC(=O)c1cc(S(=O)(=O)Cl)ccc1Br)C(C)(C)C. The average Bonchev–Trinajstić information content (AvgIpc) is 2.26. The van der Waals surface area contributed by atoms with Crippen molar-refractivity contribution in [1.29, 1.82) is 0 Å². The van der Waals surface area contributed by atoms with Gasteiger partial charge in [-0.25, -0.2) is 8.42 Å². The summed E-state index contributed by atoms with van der Waals surface area (Å²) in [7, 11) is 1.43. The molecular formula is C13H17BrClNO3S. The first-order valence-electron chi connectivity index (χ1n) is 5.98. The monoisotopic (exact) mass is 381 g/mol. The minimum absolute atomic E-state index is 0.0711. The maximum absolute atomic E-state index is 12.2. The molecule has 1 atom stereocenters. The van der Waals surface area contributed by atoms with Crippen LogP contribution in [0.2, 0.25) is 0 Å². The lowest BCUT2D eigenvalue weighted by atomic mass is 9.88. The lowest BCUT2D eigenvalue weighted by Gasteiger charge is -2.28. The maximum Gasteiger partial charge on any atom is 0.261 e. The Morgan fingerprint density at radius 3 is 2.35 bits per heavy atom. The van der Waals surface area contributed by atoms with Gasteiger partial charge >= 0.3 is 0 Å². The molecule has 1 rings (SSSR count). The minimum atomic E-state index is -3.86. The molecule has 0 saturated carbocycles. The third kappa shape index (κ3) is 4.46. The van der Waals surface area contributed by atoms with E-state index in [1.807, 2.05) is 27.7 Å².